The highest BCUT2D eigenvalue weighted by molar-refractivity contribution is 9.10. The summed E-state index contributed by atoms with van der Waals surface area (Å²) < 4.78 is 5.84. The van der Waals surface area contributed by atoms with Crippen LogP contribution in [0.2, 0.25) is 5.02 Å². The zero-order valence-electron chi connectivity index (χ0n) is 12.5. The van der Waals surface area contributed by atoms with E-state index in [2.05, 4.69) is 25.9 Å². The first kappa shape index (κ1) is 18.7. The van der Waals surface area contributed by atoms with E-state index >= 15 is 0 Å². The molecule has 2 rings (SSSR count). The van der Waals surface area contributed by atoms with Crippen LogP contribution in [0.1, 0.15) is 5.56 Å². The third kappa shape index (κ3) is 5.44. The number of oxime groups is 1. The van der Waals surface area contributed by atoms with Gasteiger partial charge < -0.3 is 15.3 Å². The van der Waals surface area contributed by atoms with Crippen molar-refractivity contribution in [2.75, 3.05) is 6.61 Å². The molecule has 0 aliphatic carbocycles. The van der Waals surface area contributed by atoms with Crippen LogP contribution in [0, 0.1) is 10.1 Å². The minimum atomic E-state index is -0.796. The van der Waals surface area contributed by atoms with E-state index in [1.54, 1.807) is 18.2 Å². The summed E-state index contributed by atoms with van der Waals surface area (Å²) in [6.07, 6.45) is 0. The van der Waals surface area contributed by atoms with E-state index in [4.69, 9.17) is 22.1 Å². The molecule has 0 fully saturated rings. The number of carbonyl (C=O) groups is 1. The van der Waals surface area contributed by atoms with E-state index in [1.807, 2.05) is 0 Å². The van der Waals surface area contributed by atoms with Gasteiger partial charge in [0.15, 0.2) is 12.4 Å². The van der Waals surface area contributed by atoms with Crippen molar-refractivity contribution in [2.45, 2.75) is 0 Å². The Kier molecular flexibility index (Phi) is 6.31. The number of carbonyl (C=O) groups excluding carboxylic acids is 1. The number of nitrogens with zero attached hydrogens (tertiary/aromatic N) is 2. The molecule has 0 unspecified atom stereocenters. The third-order valence-electron chi connectivity index (χ3n) is 2.84. The van der Waals surface area contributed by atoms with Crippen molar-refractivity contribution in [3.05, 3.63) is 67.6 Å². The first-order valence-electron chi connectivity index (χ1n) is 6.73. The lowest BCUT2D eigenvalue weighted by Gasteiger charge is -2.06. The van der Waals surface area contributed by atoms with Crippen molar-refractivity contribution in [3.8, 4) is 5.75 Å². The highest BCUT2D eigenvalue weighted by Crippen LogP contribution is 2.27. The molecule has 0 bridgehead atoms. The van der Waals surface area contributed by atoms with Gasteiger partial charge in [0.1, 0.15) is 5.75 Å². The van der Waals surface area contributed by atoms with Crippen LogP contribution < -0.4 is 10.5 Å². The highest BCUT2D eigenvalue weighted by Gasteiger charge is 2.10. The summed E-state index contributed by atoms with van der Waals surface area (Å²) >= 11 is 9.05. The van der Waals surface area contributed by atoms with Crippen LogP contribution in [-0.4, -0.2) is 23.3 Å². The third-order valence-corrected chi connectivity index (χ3v) is 3.69. The van der Waals surface area contributed by atoms with Crippen LogP contribution in [0.3, 0.4) is 0 Å². The molecule has 0 radical (unpaired) electrons. The number of benzene rings is 2. The molecule has 0 saturated carbocycles. The van der Waals surface area contributed by atoms with E-state index in [9.17, 15) is 14.9 Å². The van der Waals surface area contributed by atoms with Gasteiger partial charge in [-0.05, 0) is 34.1 Å². The van der Waals surface area contributed by atoms with Crippen LogP contribution in [0.5, 0.6) is 5.75 Å². The largest absolute Gasteiger partial charge is 0.481 e. The zero-order valence-corrected chi connectivity index (χ0v) is 14.9. The Morgan fingerprint density at radius 1 is 1.32 bits per heavy atom. The van der Waals surface area contributed by atoms with E-state index in [0.29, 0.717) is 15.2 Å². The van der Waals surface area contributed by atoms with E-state index in [-0.39, 0.29) is 17.1 Å². The van der Waals surface area contributed by atoms with Crippen molar-refractivity contribution < 1.29 is 19.3 Å². The first-order chi connectivity index (χ1) is 11.9. The number of hydrogen-bond donors (Lipinski definition) is 1. The second-order valence-electron chi connectivity index (χ2n) is 4.61. The standard InChI is InChI=1S/C15H11BrClN3O5/c16-12-7-10(17)4-5-13(12)24-8-14(21)25-19-15(18)9-2-1-3-11(6-9)20(22)23/h1-7H,8H2,(H2,18,19). The summed E-state index contributed by atoms with van der Waals surface area (Å²) in [5, 5.41) is 14.7. The van der Waals surface area contributed by atoms with Crippen LogP contribution in [0.15, 0.2) is 52.1 Å². The number of hydrogen-bond acceptors (Lipinski definition) is 6. The van der Waals surface area contributed by atoms with Gasteiger partial charge in [0, 0.05) is 22.7 Å². The molecule has 2 aromatic rings. The van der Waals surface area contributed by atoms with Gasteiger partial charge in [-0.1, -0.05) is 28.9 Å². The Balaban J connectivity index is 1.95. The Bertz CT molecular complexity index is 844. The fourth-order valence-electron chi connectivity index (χ4n) is 1.69. The van der Waals surface area contributed by atoms with Gasteiger partial charge in [-0.15, -0.1) is 0 Å². The number of nitro benzene ring substituents is 1. The maximum atomic E-state index is 11.6. The minimum absolute atomic E-state index is 0.155. The smallest absolute Gasteiger partial charge is 0.372 e. The Labute approximate surface area is 155 Å². The Morgan fingerprint density at radius 3 is 2.76 bits per heavy atom. The molecule has 0 amide bonds. The zero-order chi connectivity index (χ0) is 18.4. The van der Waals surface area contributed by atoms with E-state index < -0.39 is 17.5 Å². The molecule has 0 heterocycles. The fourth-order valence-corrected chi connectivity index (χ4v) is 2.48. The van der Waals surface area contributed by atoms with Crippen LogP contribution in [0.4, 0.5) is 5.69 Å². The molecule has 0 aliphatic rings. The topological polar surface area (TPSA) is 117 Å². The molecule has 0 atom stereocenters. The first-order valence-corrected chi connectivity index (χ1v) is 7.90. The molecular weight excluding hydrogens is 418 g/mol. The van der Waals surface area contributed by atoms with Gasteiger partial charge in [-0.2, -0.15) is 0 Å². The molecule has 0 spiro atoms. The van der Waals surface area contributed by atoms with E-state index in [1.165, 1.54) is 24.3 Å². The Hall–Kier alpha value is -2.65. The second kappa shape index (κ2) is 8.45. The minimum Gasteiger partial charge on any atom is -0.481 e. The quantitative estimate of drug-likeness (QED) is 0.248. The Morgan fingerprint density at radius 2 is 2.08 bits per heavy atom. The van der Waals surface area contributed by atoms with Gasteiger partial charge in [-0.3, -0.25) is 10.1 Å². The number of halogens is 2. The lowest BCUT2D eigenvalue weighted by atomic mass is 10.2. The maximum Gasteiger partial charge on any atom is 0.372 e. The number of nitro groups is 1. The lowest BCUT2D eigenvalue weighted by molar-refractivity contribution is -0.384. The number of amidine groups is 1. The predicted octanol–water partition coefficient (Wildman–Crippen LogP) is 3.25. The van der Waals surface area contributed by atoms with Crippen LogP contribution >= 0.6 is 27.5 Å². The number of rotatable bonds is 6. The molecule has 130 valence electrons. The molecule has 0 aliphatic heterocycles. The van der Waals surface area contributed by atoms with Gasteiger partial charge in [0.2, 0.25) is 0 Å². The van der Waals surface area contributed by atoms with Crippen molar-refractivity contribution in [2.24, 2.45) is 10.9 Å². The molecule has 2 N–H and O–H groups in total. The van der Waals surface area contributed by atoms with Crippen molar-refractivity contribution in [1.29, 1.82) is 0 Å². The molecule has 0 aromatic heterocycles. The van der Waals surface area contributed by atoms with Gasteiger partial charge >= 0.3 is 5.97 Å². The average Bonchev–Trinajstić information content (AvgIpc) is 2.59. The predicted molar refractivity (Wildman–Crippen MR) is 94.6 cm³/mol. The summed E-state index contributed by atoms with van der Waals surface area (Å²) in [7, 11) is 0. The summed E-state index contributed by atoms with van der Waals surface area (Å²) in [6, 6.07) is 10.3. The number of nitrogens with two attached hydrogens (primary N) is 1. The summed E-state index contributed by atoms with van der Waals surface area (Å²) in [4.78, 5) is 26.4. The highest BCUT2D eigenvalue weighted by atomic mass is 79.9. The molecule has 25 heavy (non-hydrogen) atoms. The average molecular weight is 429 g/mol. The summed E-state index contributed by atoms with van der Waals surface area (Å²) in [5.74, 6) is -0.572. The van der Waals surface area contributed by atoms with Crippen molar-refractivity contribution >= 4 is 45.0 Å². The van der Waals surface area contributed by atoms with E-state index in [0.717, 1.165) is 0 Å². The molecule has 10 heteroatoms. The lowest BCUT2D eigenvalue weighted by Crippen LogP contribution is -2.18. The monoisotopic (exact) mass is 427 g/mol. The van der Waals surface area contributed by atoms with Crippen LogP contribution in [0.25, 0.3) is 0 Å². The second-order valence-corrected chi connectivity index (χ2v) is 5.90. The molecule has 2 aromatic carbocycles. The van der Waals surface area contributed by atoms with Crippen molar-refractivity contribution in [1.82, 2.24) is 0 Å². The molecular formula is C15H11BrClN3O5. The van der Waals surface area contributed by atoms with Gasteiger partial charge in [-0.25, -0.2) is 4.79 Å². The normalized spacial score (nSPS) is 11.0. The summed E-state index contributed by atoms with van der Waals surface area (Å²) in [5.41, 5.74) is 5.75. The van der Waals surface area contributed by atoms with Crippen LogP contribution in [-0.2, 0) is 9.63 Å². The van der Waals surface area contributed by atoms with Crippen molar-refractivity contribution in [3.63, 3.8) is 0 Å². The molecule has 8 nitrogen and oxygen atoms in total. The number of non-ortho nitro benzene ring substituents is 1. The van der Waals surface area contributed by atoms with Gasteiger partial charge in [0.05, 0.1) is 9.40 Å². The SMILES string of the molecule is N/C(=N\OC(=O)COc1ccc(Cl)cc1Br)c1cccc([N+](=O)[O-])c1. The molecule has 0 saturated heterocycles. The maximum absolute atomic E-state index is 11.6. The van der Waals surface area contributed by atoms with Gasteiger partial charge in [0.25, 0.3) is 5.69 Å². The summed E-state index contributed by atoms with van der Waals surface area (Å²) in [6.45, 7) is -0.411. The number of ether oxygens (including phenoxy) is 1. The fraction of sp³-hybridized carbons (Fsp3) is 0.0667.